The van der Waals surface area contributed by atoms with E-state index in [2.05, 4.69) is 0 Å². The van der Waals surface area contributed by atoms with E-state index in [0.717, 1.165) is 19.3 Å². The fraction of sp³-hybridized carbons (Fsp3) is 0.625. The van der Waals surface area contributed by atoms with Gasteiger partial charge in [0.05, 0.1) is 0 Å². The highest BCUT2D eigenvalue weighted by molar-refractivity contribution is 5.73. The van der Waals surface area contributed by atoms with Gasteiger partial charge < -0.3 is 10.8 Å². The van der Waals surface area contributed by atoms with Gasteiger partial charge in [0.2, 0.25) is 0 Å². The molecule has 0 amide bonds. The third-order valence-corrected chi connectivity index (χ3v) is 2.04. The van der Waals surface area contributed by atoms with Gasteiger partial charge in [-0.15, -0.1) is 0 Å². The fourth-order valence-electron chi connectivity index (χ4n) is 1.32. The first kappa shape index (κ1) is 8.27. The van der Waals surface area contributed by atoms with E-state index in [0.29, 0.717) is 0 Å². The summed E-state index contributed by atoms with van der Waals surface area (Å²) in [6, 6.07) is -0.716. The van der Waals surface area contributed by atoms with Crippen molar-refractivity contribution in [2.45, 2.75) is 25.3 Å². The molecule has 0 saturated carbocycles. The molecular weight excluding hydrogens is 142 g/mol. The molecule has 0 aromatic carbocycles. The molecule has 0 aliphatic heterocycles. The maximum Gasteiger partial charge on any atom is 0.321 e. The number of hydrogen-bond acceptors (Lipinski definition) is 2. The molecule has 1 aliphatic rings. The Kier molecular flexibility index (Phi) is 2.65. The van der Waals surface area contributed by atoms with Crippen molar-refractivity contribution in [2.24, 2.45) is 11.7 Å². The van der Waals surface area contributed by atoms with Gasteiger partial charge in [0.25, 0.3) is 0 Å². The molecule has 0 unspecified atom stereocenters. The van der Waals surface area contributed by atoms with Gasteiger partial charge in [-0.3, -0.25) is 4.79 Å². The van der Waals surface area contributed by atoms with Crippen molar-refractivity contribution in [1.29, 1.82) is 0 Å². The lowest BCUT2D eigenvalue weighted by molar-refractivity contribution is -0.139. The Bertz CT molecular complexity index is 177. The van der Waals surface area contributed by atoms with Crippen LogP contribution in [0.25, 0.3) is 0 Å². The minimum atomic E-state index is -0.901. The molecular formula is C8H13NO2. The maximum atomic E-state index is 10.4. The van der Waals surface area contributed by atoms with Gasteiger partial charge >= 0.3 is 5.97 Å². The zero-order valence-electron chi connectivity index (χ0n) is 6.36. The van der Waals surface area contributed by atoms with Crippen molar-refractivity contribution in [3.8, 4) is 0 Å². The van der Waals surface area contributed by atoms with Crippen molar-refractivity contribution < 1.29 is 9.90 Å². The van der Waals surface area contributed by atoms with Crippen molar-refractivity contribution in [1.82, 2.24) is 0 Å². The molecule has 1 rings (SSSR count). The molecule has 0 heterocycles. The highest BCUT2D eigenvalue weighted by Gasteiger charge is 2.22. The van der Waals surface area contributed by atoms with Crippen LogP contribution in [0.3, 0.4) is 0 Å². The number of carboxylic acid groups (broad SMARTS) is 1. The van der Waals surface area contributed by atoms with E-state index in [1.54, 1.807) is 0 Å². The minimum Gasteiger partial charge on any atom is -0.480 e. The van der Waals surface area contributed by atoms with Gasteiger partial charge in [-0.1, -0.05) is 12.2 Å². The Hall–Kier alpha value is -0.830. The smallest absolute Gasteiger partial charge is 0.321 e. The summed E-state index contributed by atoms with van der Waals surface area (Å²) in [6.07, 6.45) is 6.95. The van der Waals surface area contributed by atoms with Gasteiger partial charge in [0.1, 0.15) is 6.04 Å². The van der Waals surface area contributed by atoms with E-state index in [9.17, 15) is 4.79 Å². The molecule has 0 aromatic rings. The van der Waals surface area contributed by atoms with Crippen molar-refractivity contribution in [2.75, 3.05) is 0 Å². The highest BCUT2D eigenvalue weighted by atomic mass is 16.4. The molecule has 0 aromatic heterocycles. The lowest BCUT2D eigenvalue weighted by Crippen LogP contribution is -2.37. The summed E-state index contributed by atoms with van der Waals surface area (Å²) in [5.74, 6) is -0.859. The summed E-state index contributed by atoms with van der Waals surface area (Å²) in [4.78, 5) is 10.4. The monoisotopic (exact) mass is 155 g/mol. The van der Waals surface area contributed by atoms with Crippen LogP contribution in [0.1, 0.15) is 19.3 Å². The predicted molar refractivity (Wildman–Crippen MR) is 42.1 cm³/mol. The molecule has 3 nitrogen and oxygen atoms in total. The third kappa shape index (κ3) is 2.05. The van der Waals surface area contributed by atoms with Crippen molar-refractivity contribution in [3.05, 3.63) is 12.2 Å². The first-order valence-corrected chi connectivity index (χ1v) is 3.87. The molecule has 1 aliphatic carbocycles. The van der Waals surface area contributed by atoms with E-state index in [1.807, 2.05) is 12.2 Å². The average molecular weight is 155 g/mol. The Morgan fingerprint density at radius 3 is 2.91 bits per heavy atom. The van der Waals surface area contributed by atoms with Gasteiger partial charge in [0, 0.05) is 5.92 Å². The number of nitrogens with two attached hydrogens (primary N) is 1. The van der Waals surface area contributed by atoms with Gasteiger partial charge in [0.15, 0.2) is 0 Å². The molecule has 0 spiro atoms. The second-order valence-electron chi connectivity index (χ2n) is 2.89. The first-order chi connectivity index (χ1) is 5.22. The summed E-state index contributed by atoms with van der Waals surface area (Å²) in [5, 5.41) is 8.58. The SMILES string of the molecule is N[C@H](C(=O)O)[C@H]1C=CCCC1. The molecule has 0 fully saturated rings. The van der Waals surface area contributed by atoms with Gasteiger partial charge in [-0.2, -0.15) is 0 Å². The second-order valence-corrected chi connectivity index (χ2v) is 2.89. The van der Waals surface area contributed by atoms with Gasteiger partial charge in [-0.05, 0) is 19.3 Å². The molecule has 3 heteroatoms. The Balaban J connectivity index is 2.52. The molecule has 0 bridgehead atoms. The second kappa shape index (κ2) is 3.53. The topological polar surface area (TPSA) is 63.3 Å². The van der Waals surface area contributed by atoms with E-state index >= 15 is 0 Å². The fourth-order valence-corrected chi connectivity index (χ4v) is 1.32. The number of aliphatic carboxylic acids is 1. The largest absolute Gasteiger partial charge is 0.480 e. The third-order valence-electron chi connectivity index (χ3n) is 2.04. The molecule has 62 valence electrons. The van der Waals surface area contributed by atoms with Crippen molar-refractivity contribution in [3.63, 3.8) is 0 Å². The van der Waals surface area contributed by atoms with E-state index in [1.165, 1.54) is 0 Å². The maximum absolute atomic E-state index is 10.4. The Labute approximate surface area is 65.9 Å². The number of carbonyl (C=O) groups is 1. The predicted octanol–water partition coefficient (Wildman–Crippen LogP) is 0.755. The van der Waals surface area contributed by atoms with E-state index in [-0.39, 0.29) is 5.92 Å². The average Bonchev–Trinajstić information content (AvgIpc) is 2.05. The zero-order valence-corrected chi connectivity index (χ0v) is 6.36. The zero-order chi connectivity index (χ0) is 8.27. The number of hydrogen-bond donors (Lipinski definition) is 2. The summed E-state index contributed by atoms with van der Waals surface area (Å²) in [5.41, 5.74) is 5.44. The van der Waals surface area contributed by atoms with Crippen LogP contribution in [0.15, 0.2) is 12.2 Å². The molecule has 0 radical (unpaired) electrons. The van der Waals surface area contributed by atoms with Crippen LogP contribution >= 0.6 is 0 Å². The number of carboxylic acids is 1. The lowest BCUT2D eigenvalue weighted by Gasteiger charge is -2.19. The number of rotatable bonds is 2. The van der Waals surface area contributed by atoms with E-state index in [4.69, 9.17) is 10.8 Å². The van der Waals surface area contributed by atoms with Crippen LogP contribution in [0.5, 0.6) is 0 Å². The molecule has 2 atom stereocenters. The highest BCUT2D eigenvalue weighted by Crippen LogP contribution is 2.19. The van der Waals surface area contributed by atoms with Crippen molar-refractivity contribution >= 4 is 5.97 Å². The molecule has 0 saturated heterocycles. The summed E-state index contributed by atoms with van der Waals surface area (Å²) < 4.78 is 0. The first-order valence-electron chi connectivity index (χ1n) is 3.87. The summed E-state index contributed by atoms with van der Waals surface area (Å²) in [6.45, 7) is 0. The quantitative estimate of drug-likeness (QED) is 0.578. The Morgan fingerprint density at radius 2 is 2.45 bits per heavy atom. The summed E-state index contributed by atoms with van der Waals surface area (Å²) in [7, 11) is 0. The van der Waals surface area contributed by atoms with Crippen LogP contribution in [-0.4, -0.2) is 17.1 Å². The van der Waals surface area contributed by atoms with Gasteiger partial charge in [-0.25, -0.2) is 0 Å². The normalized spacial score (nSPS) is 26.5. The lowest BCUT2D eigenvalue weighted by atomic mass is 9.90. The van der Waals surface area contributed by atoms with Crippen LogP contribution in [-0.2, 0) is 4.79 Å². The van der Waals surface area contributed by atoms with E-state index < -0.39 is 12.0 Å². The van der Waals surface area contributed by atoms with Crippen LogP contribution in [0.2, 0.25) is 0 Å². The number of allylic oxidation sites excluding steroid dienone is 1. The van der Waals surface area contributed by atoms with Crippen LogP contribution in [0.4, 0.5) is 0 Å². The molecule has 3 N–H and O–H groups in total. The molecule has 11 heavy (non-hydrogen) atoms. The Morgan fingerprint density at radius 1 is 1.73 bits per heavy atom. The summed E-state index contributed by atoms with van der Waals surface area (Å²) >= 11 is 0. The standard InChI is InChI=1S/C8H13NO2/c9-7(8(10)11)6-4-2-1-3-5-6/h2,4,6-7H,1,3,5,9H2,(H,10,11)/t6-,7-/m0/s1. The minimum absolute atomic E-state index is 0.0428. The van der Waals surface area contributed by atoms with Crippen LogP contribution < -0.4 is 5.73 Å². The van der Waals surface area contributed by atoms with Crippen LogP contribution in [0, 0.1) is 5.92 Å².